The third-order valence-electron chi connectivity index (χ3n) is 3.16. The number of nitrogens with zero attached hydrogens (tertiary/aromatic N) is 2. The molecule has 2 aromatic heterocycles. The maximum atomic E-state index is 11.6. The average Bonchev–Trinajstić information content (AvgIpc) is 2.77. The second kappa shape index (κ2) is 4.24. The number of H-pyrrole nitrogens is 1. The number of hydrogen-bond donors (Lipinski definition) is 2. The largest absolute Gasteiger partial charge is 0.366 e. The molecule has 96 valence electrons. The van der Waals surface area contributed by atoms with Crippen LogP contribution in [-0.2, 0) is 9.84 Å². The van der Waals surface area contributed by atoms with Crippen LogP contribution in [0.15, 0.2) is 18.6 Å². The first-order valence-electron chi connectivity index (χ1n) is 5.89. The van der Waals surface area contributed by atoms with Crippen LogP contribution in [0.1, 0.15) is 12.8 Å². The van der Waals surface area contributed by atoms with Gasteiger partial charge in [0.05, 0.1) is 16.9 Å². The average molecular weight is 266 g/mol. The Hall–Kier alpha value is -1.63. The topological polar surface area (TPSA) is 87.7 Å². The molecule has 3 rings (SSSR count). The fraction of sp³-hybridized carbons (Fsp3) is 0.455. The molecule has 0 radical (unpaired) electrons. The number of nitrogens with one attached hydrogen (secondary N) is 2. The Morgan fingerprint density at radius 3 is 3.11 bits per heavy atom. The number of anilines is 1. The summed E-state index contributed by atoms with van der Waals surface area (Å²) < 4.78 is 23.2. The van der Waals surface area contributed by atoms with E-state index in [0.29, 0.717) is 18.0 Å². The zero-order valence-electron chi connectivity index (χ0n) is 9.76. The van der Waals surface area contributed by atoms with Gasteiger partial charge in [-0.1, -0.05) is 0 Å². The molecule has 1 atom stereocenters. The van der Waals surface area contributed by atoms with Gasteiger partial charge in [-0.2, -0.15) is 0 Å². The highest BCUT2D eigenvalue weighted by Gasteiger charge is 2.25. The van der Waals surface area contributed by atoms with Crippen LogP contribution in [-0.4, -0.2) is 40.9 Å². The van der Waals surface area contributed by atoms with Crippen molar-refractivity contribution < 1.29 is 8.42 Å². The lowest BCUT2D eigenvalue weighted by Gasteiger charge is -2.23. The molecule has 7 heteroatoms. The molecule has 1 saturated heterocycles. The maximum absolute atomic E-state index is 11.6. The van der Waals surface area contributed by atoms with Crippen LogP contribution in [0.25, 0.3) is 11.0 Å². The van der Waals surface area contributed by atoms with Gasteiger partial charge in [-0.3, -0.25) is 0 Å². The molecule has 0 aliphatic carbocycles. The first-order valence-corrected chi connectivity index (χ1v) is 7.71. The van der Waals surface area contributed by atoms with Gasteiger partial charge in [0, 0.05) is 12.2 Å². The van der Waals surface area contributed by atoms with E-state index < -0.39 is 9.84 Å². The number of hydrogen-bond acceptors (Lipinski definition) is 5. The third kappa shape index (κ3) is 2.17. The normalized spacial score (nSPS) is 23.0. The van der Waals surface area contributed by atoms with E-state index in [2.05, 4.69) is 20.3 Å². The van der Waals surface area contributed by atoms with Gasteiger partial charge in [0.25, 0.3) is 0 Å². The van der Waals surface area contributed by atoms with Gasteiger partial charge in [-0.25, -0.2) is 18.4 Å². The van der Waals surface area contributed by atoms with Crippen LogP contribution in [0.2, 0.25) is 0 Å². The zero-order chi connectivity index (χ0) is 12.6. The fourth-order valence-electron chi connectivity index (χ4n) is 2.32. The molecule has 3 heterocycles. The van der Waals surface area contributed by atoms with Gasteiger partial charge >= 0.3 is 0 Å². The molecule has 18 heavy (non-hydrogen) atoms. The van der Waals surface area contributed by atoms with Crippen molar-refractivity contribution in [3.05, 3.63) is 18.6 Å². The van der Waals surface area contributed by atoms with E-state index in [4.69, 9.17) is 0 Å². The highest BCUT2D eigenvalue weighted by atomic mass is 32.2. The molecule has 0 saturated carbocycles. The predicted molar refractivity (Wildman–Crippen MR) is 69.2 cm³/mol. The Bertz CT molecular complexity index is 664. The van der Waals surface area contributed by atoms with E-state index in [1.807, 2.05) is 6.07 Å². The van der Waals surface area contributed by atoms with Gasteiger partial charge in [-0.05, 0) is 18.9 Å². The molecule has 0 spiro atoms. The van der Waals surface area contributed by atoms with Crippen molar-refractivity contribution in [2.45, 2.75) is 18.9 Å². The van der Waals surface area contributed by atoms with Crippen LogP contribution < -0.4 is 5.32 Å². The molecular formula is C11H14N4O2S. The van der Waals surface area contributed by atoms with E-state index in [9.17, 15) is 8.42 Å². The minimum atomic E-state index is -2.91. The third-order valence-corrected chi connectivity index (χ3v) is 4.98. The lowest BCUT2D eigenvalue weighted by Crippen LogP contribution is -2.35. The van der Waals surface area contributed by atoms with Gasteiger partial charge in [0.1, 0.15) is 17.8 Å². The Labute approximate surface area is 105 Å². The van der Waals surface area contributed by atoms with Crippen LogP contribution in [0.3, 0.4) is 0 Å². The summed E-state index contributed by atoms with van der Waals surface area (Å²) in [5, 5.41) is 4.10. The highest BCUT2D eigenvalue weighted by molar-refractivity contribution is 7.91. The molecule has 2 N–H and O–H groups in total. The summed E-state index contributed by atoms with van der Waals surface area (Å²) in [4.78, 5) is 11.3. The predicted octanol–water partition coefficient (Wildman–Crippen LogP) is 0.947. The highest BCUT2D eigenvalue weighted by Crippen LogP contribution is 2.21. The van der Waals surface area contributed by atoms with Crippen LogP contribution in [0, 0.1) is 0 Å². The molecule has 1 aliphatic heterocycles. The summed E-state index contributed by atoms with van der Waals surface area (Å²) in [5.41, 5.74) is 0.756. The quantitative estimate of drug-likeness (QED) is 0.845. The van der Waals surface area contributed by atoms with Gasteiger partial charge < -0.3 is 10.3 Å². The van der Waals surface area contributed by atoms with Crippen molar-refractivity contribution in [1.82, 2.24) is 15.0 Å². The van der Waals surface area contributed by atoms with Crippen molar-refractivity contribution in [3.63, 3.8) is 0 Å². The lowest BCUT2D eigenvalue weighted by atomic mass is 10.2. The molecule has 2 aromatic rings. The molecule has 6 nitrogen and oxygen atoms in total. The Kier molecular flexibility index (Phi) is 2.70. The first-order chi connectivity index (χ1) is 8.64. The molecule has 1 fully saturated rings. The fourth-order valence-corrected chi connectivity index (χ4v) is 3.95. The van der Waals surface area contributed by atoms with Crippen LogP contribution in [0.5, 0.6) is 0 Å². The number of sulfone groups is 1. The smallest absolute Gasteiger partial charge is 0.152 e. The second-order valence-electron chi connectivity index (χ2n) is 4.56. The molecular weight excluding hydrogens is 252 g/mol. The summed E-state index contributed by atoms with van der Waals surface area (Å²) in [6.45, 7) is 0. The minimum Gasteiger partial charge on any atom is -0.366 e. The summed E-state index contributed by atoms with van der Waals surface area (Å²) in [6, 6.07) is 1.83. The standard InChI is InChI=1S/C11H14N4O2S/c16-18(17)5-1-2-8(6-18)15-11-9-3-4-12-10(9)13-7-14-11/h3-4,7-8H,1-2,5-6H2,(H2,12,13,14,15). The summed E-state index contributed by atoms with van der Waals surface area (Å²) in [5.74, 6) is 1.18. The van der Waals surface area contributed by atoms with E-state index in [0.717, 1.165) is 17.5 Å². The number of aromatic nitrogens is 3. The van der Waals surface area contributed by atoms with Gasteiger partial charge in [-0.15, -0.1) is 0 Å². The van der Waals surface area contributed by atoms with Crippen molar-refractivity contribution in [3.8, 4) is 0 Å². The van der Waals surface area contributed by atoms with Crippen molar-refractivity contribution in [1.29, 1.82) is 0 Å². The van der Waals surface area contributed by atoms with Gasteiger partial charge in [0.2, 0.25) is 0 Å². The van der Waals surface area contributed by atoms with E-state index in [1.165, 1.54) is 6.33 Å². The van der Waals surface area contributed by atoms with E-state index in [-0.39, 0.29) is 11.8 Å². The zero-order valence-corrected chi connectivity index (χ0v) is 10.6. The van der Waals surface area contributed by atoms with Crippen molar-refractivity contribution in [2.75, 3.05) is 16.8 Å². The summed E-state index contributed by atoms with van der Waals surface area (Å²) in [7, 11) is -2.91. The summed E-state index contributed by atoms with van der Waals surface area (Å²) >= 11 is 0. The lowest BCUT2D eigenvalue weighted by molar-refractivity contribution is 0.561. The maximum Gasteiger partial charge on any atom is 0.152 e. The SMILES string of the molecule is O=S1(=O)CCCC(Nc2ncnc3[nH]ccc23)C1. The molecule has 0 amide bonds. The van der Waals surface area contributed by atoms with E-state index in [1.54, 1.807) is 6.20 Å². The number of rotatable bonds is 2. The Balaban J connectivity index is 1.86. The summed E-state index contributed by atoms with van der Waals surface area (Å²) in [6.07, 6.45) is 4.83. The molecule has 0 bridgehead atoms. The molecule has 1 unspecified atom stereocenters. The van der Waals surface area contributed by atoms with Crippen LogP contribution in [0.4, 0.5) is 5.82 Å². The Morgan fingerprint density at radius 2 is 2.28 bits per heavy atom. The second-order valence-corrected chi connectivity index (χ2v) is 6.79. The van der Waals surface area contributed by atoms with Gasteiger partial charge in [0.15, 0.2) is 9.84 Å². The number of aromatic amines is 1. The van der Waals surface area contributed by atoms with Crippen molar-refractivity contribution in [2.24, 2.45) is 0 Å². The Morgan fingerprint density at radius 1 is 1.39 bits per heavy atom. The van der Waals surface area contributed by atoms with Crippen molar-refractivity contribution >= 4 is 26.7 Å². The monoisotopic (exact) mass is 266 g/mol. The van der Waals surface area contributed by atoms with E-state index >= 15 is 0 Å². The van der Waals surface area contributed by atoms with Crippen LogP contribution >= 0.6 is 0 Å². The molecule has 0 aromatic carbocycles. The minimum absolute atomic E-state index is 0.0586. The molecule has 1 aliphatic rings. The first kappa shape index (κ1) is 11.5. The number of fused-ring (bicyclic) bond motifs is 1.